The van der Waals surface area contributed by atoms with Gasteiger partial charge in [0.1, 0.15) is 11.6 Å². The summed E-state index contributed by atoms with van der Waals surface area (Å²) in [6.07, 6.45) is 2.29. The maximum atomic E-state index is 5.20. The third-order valence-electron chi connectivity index (χ3n) is 4.89. The van der Waals surface area contributed by atoms with Crippen LogP contribution < -0.4 is 4.74 Å². The van der Waals surface area contributed by atoms with Crippen LogP contribution in [0.2, 0.25) is 0 Å². The van der Waals surface area contributed by atoms with Crippen molar-refractivity contribution < 1.29 is 4.74 Å². The lowest BCUT2D eigenvalue weighted by atomic mass is 10.2. The summed E-state index contributed by atoms with van der Waals surface area (Å²) in [5.74, 6) is 2.98. The van der Waals surface area contributed by atoms with E-state index in [1.807, 2.05) is 12.1 Å². The second-order valence-corrected chi connectivity index (χ2v) is 6.51. The van der Waals surface area contributed by atoms with Crippen LogP contribution in [0.15, 0.2) is 18.2 Å². The summed E-state index contributed by atoms with van der Waals surface area (Å²) in [5, 5.41) is 8.68. The van der Waals surface area contributed by atoms with Gasteiger partial charge >= 0.3 is 0 Å². The first kappa shape index (κ1) is 15.5. The first-order chi connectivity index (χ1) is 11.8. The van der Waals surface area contributed by atoms with Crippen molar-refractivity contribution in [3.8, 4) is 5.88 Å². The van der Waals surface area contributed by atoms with Gasteiger partial charge in [0.15, 0.2) is 0 Å². The molecule has 0 atom stereocenters. The number of piperazine rings is 1. The van der Waals surface area contributed by atoms with Gasteiger partial charge in [-0.05, 0) is 12.5 Å². The van der Waals surface area contributed by atoms with Gasteiger partial charge in [0.25, 0.3) is 0 Å². The molecule has 0 N–H and O–H groups in total. The zero-order valence-electron chi connectivity index (χ0n) is 14.2. The van der Waals surface area contributed by atoms with Crippen LogP contribution in [0.5, 0.6) is 5.88 Å². The van der Waals surface area contributed by atoms with Gasteiger partial charge < -0.3 is 9.30 Å². The molecule has 0 unspecified atom stereocenters. The fourth-order valence-corrected chi connectivity index (χ4v) is 3.52. The molecule has 7 heteroatoms. The second-order valence-electron chi connectivity index (χ2n) is 6.51. The molecule has 0 radical (unpaired) electrons. The van der Waals surface area contributed by atoms with E-state index in [-0.39, 0.29) is 0 Å². The van der Waals surface area contributed by atoms with E-state index < -0.39 is 0 Å². The molecule has 0 aromatic carbocycles. The number of ether oxygens (including phenoxy) is 1. The summed E-state index contributed by atoms with van der Waals surface area (Å²) in [6.45, 7) is 7.11. The molecule has 4 heterocycles. The fourth-order valence-electron chi connectivity index (χ4n) is 3.52. The summed E-state index contributed by atoms with van der Waals surface area (Å²) >= 11 is 0. The van der Waals surface area contributed by atoms with Crippen molar-refractivity contribution in [2.45, 2.75) is 32.5 Å². The highest BCUT2D eigenvalue weighted by atomic mass is 16.5. The van der Waals surface area contributed by atoms with Crippen LogP contribution in [-0.4, -0.2) is 62.8 Å². The van der Waals surface area contributed by atoms with Crippen LogP contribution in [0, 0.1) is 0 Å². The molecule has 2 aromatic heterocycles. The number of pyridine rings is 1. The number of aryl methyl sites for hydroxylation is 1. The fraction of sp³-hybridized carbons (Fsp3) is 0.588. The van der Waals surface area contributed by atoms with Gasteiger partial charge in [0.2, 0.25) is 5.88 Å². The summed E-state index contributed by atoms with van der Waals surface area (Å²) in [4.78, 5) is 9.43. The Morgan fingerprint density at radius 1 is 1.00 bits per heavy atom. The van der Waals surface area contributed by atoms with E-state index in [4.69, 9.17) is 4.74 Å². The van der Waals surface area contributed by atoms with Crippen molar-refractivity contribution in [1.82, 2.24) is 29.5 Å². The van der Waals surface area contributed by atoms with Crippen LogP contribution in [0.3, 0.4) is 0 Å². The lowest BCUT2D eigenvalue weighted by molar-refractivity contribution is 0.117. The Hall–Kier alpha value is -1.99. The van der Waals surface area contributed by atoms with Crippen LogP contribution >= 0.6 is 0 Å². The predicted octanol–water partition coefficient (Wildman–Crippen LogP) is 0.946. The highest BCUT2D eigenvalue weighted by molar-refractivity contribution is 5.15. The topological polar surface area (TPSA) is 59.3 Å². The van der Waals surface area contributed by atoms with Gasteiger partial charge in [-0.2, -0.15) is 0 Å². The molecule has 2 aromatic rings. The third-order valence-corrected chi connectivity index (χ3v) is 4.89. The van der Waals surface area contributed by atoms with E-state index in [1.165, 1.54) is 6.42 Å². The molecule has 128 valence electrons. The highest BCUT2D eigenvalue weighted by Gasteiger charge is 2.22. The highest BCUT2D eigenvalue weighted by Crippen LogP contribution is 2.16. The standard InChI is InChI=1S/C17H24N6O/c1-24-17-6-2-4-14(18-17)12-21-8-10-22(11-9-21)13-16-20-19-15-5-3-7-23(15)16/h2,4,6H,3,5,7-13H2,1H3. The van der Waals surface area contributed by atoms with E-state index in [1.54, 1.807) is 7.11 Å². The molecule has 1 saturated heterocycles. The van der Waals surface area contributed by atoms with Gasteiger partial charge in [-0.25, -0.2) is 4.98 Å². The molecule has 24 heavy (non-hydrogen) atoms. The monoisotopic (exact) mass is 328 g/mol. The van der Waals surface area contributed by atoms with Crippen molar-refractivity contribution in [2.24, 2.45) is 0 Å². The molecule has 1 fully saturated rings. The number of nitrogens with zero attached hydrogens (tertiary/aromatic N) is 6. The zero-order valence-corrected chi connectivity index (χ0v) is 14.2. The SMILES string of the molecule is COc1cccc(CN2CCN(Cc3nnc4n3CCC4)CC2)n1. The second kappa shape index (κ2) is 6.86. The minimum atomic E-state index is 0.687. The molecule has 0 amide bonds. The summed E-state index contributed by atoms with van der Waals surface area (Å²) in [7, 11) is 1.66. The van der Waals surface area contributed by atoms with E-state index in [0.29, 0.717) is 5.88 Å². The Bertz CT molecular complexity index is 692. The van der Waals surface area contributed by atoms with Crippen LogP contribution in [0.25, 0.3) is 0 Å². The quantitative estimate of drug-likeness (QED) is 0.814. The largest absolute Gasteiger partial charge is 0.481 e. The third kappa shape index (κ3) is 3.27. The van der Waals surface area contributed by atoms with Gasteiger partial charge in [-0.1, -0.05) is 6.07 Å². The molecule has 0 saturated carbocycles. The zero-order chi connectivity index (χ0) is 16.4. The summed E-state index contributed by atoms with van der Waals surface area (Å²) in [6, 6.07) is 5.95. The molecule has 4 rings (SSSR count). The van der Waals surface area contributed by atoms with Crippen molar-refractivity contribution >= 4 is 0 Å². The van der Waals surface area contributed by atoms with Gasteiger partial charge in [0, 0.05) is 51.8 Å². The number of rotatable bonds is 5. The Kier molecular flexibility index (Phi) is 4.44. The molecule has 0 spiro atoms. The lowest BCUT2D eigenvalue weighted by Crippen LogP contribution is -2.45. The first-order valence-electron chi connectivity index (χ1n) is 8.67. The molecule has 7 nitrogen and oxygen atoms in total. The predicted molar refractivity (Wildman–Crippen MR) is 89.7 cm³/mol. The average molecular weight is 328 g/mol. The molecular weight excluding hydrogens is 304 g/mol. The van der Waals surface area contributed by atoms with Gasteiger partial charge in [-0.3, -0.25) is 9.80 Å². The number of hydrogen-bond donors (Lipinski definition) is 0. The Morgan fingerprint density at radius 3 is 2.58 bits per heavy atom. The smallest absolute Gasteiger partial charge is 0.213 e. The molecule has 2 aliphatic heterocycles. The maximum absolute atomic E-state index is 5.20. The van der Waals surface area contributed by atoms with E-state index in [9.17, 15) is 0 Å². The Labute approximate surface area is 142 Å². The normalized spacial score (nSPS) is 18.7. The number of methoxy groups -OCH3 is 1. The van der Waals surface area contributed by atoms with Crippen molar-refractivity contribution in [3.05, 3.63) is 35.5 Å². The lowest BCUT2D eigenvalue weighted by Gasteiger charge is -2.34. The van der Waals surface area contributed by atoms with Crippen molar-refractivity contribution in [3.63, 3.8) is 0 Å². The molecule has 0 aliphatic carbocycles. The maximum Gasteiger partial charge on any atom is 0.213 e. The van der Waals surface area contributed by atoms with E-state index in [0.717, 1.165) is 69.6 Å². The van der Waals surface area contributed by atoms with Crippen LogP contribution in [-0.2, 0) is 26.1 Å². The van der Waals surface area contributed by atoms with Crippen LogP contribution in [0.4, 0.5) is 0 Å². The molecule has 2 aliphatic rings. The summed E-state index contributed by atoms with van der Waals surface area (Å²) in [5.41, 5.74) is 1.07. The molecular formula is C17H24N6O. The van der Waals surface area contributed by atoms with Crippen molar-refractivity contribution in [2.75, 3.05) is 33.3 Å². The van der Waals surface area contributed by atoms with E-state index >= 15 is 0 Å². The first-order valence-corrected chi connectivity index (χ1v) is 8.67. The minimum Gasteiger partial charge on any atom is -0.481 e. The van der Waals surface area contributed by atoms with E-state index in [2.05, 4.69) is 35.6 Å². The molecule has 0 bridgehead atoms. The summed E-state index contributed by atoms with van der Waals surface area (Å²) < 4.78 is 7.50. The Balaban J connectivity index is 1.30. The number of aromatic nitrogens is 4. The number of fused-ring (bicyclic) bond motifs is 1. The van der Waals surface area contributed by atoms with Crippen molar-refractivity contribution in [1.29, 1.82) is 0 Å². The number of hydrogen-bond acceptors (Lipinski definition) is 6. The average Bonchev–Trinajstić information content (AvgIpc) is 3.22. The van der Waals surface area contributed by atoms with Gasteiger partial charge in [0.05, 0.1) is 19.3 Å². The van der Waals surface area contributed by atoms with Gasteiger partial charge in [-0.15, -0.1) is 10.2 Å². The minimum absolute atomic E-state index is 0.687. The Morgan fingerprint density at radius 2 is 1.79 bits per heavy atom. The van der Waals surface area contributed by atoms with Crippen LogP contribution in [0.1, 0.15) is 23.8 Å².